The third-order valence-electron chi connectivity index (χ3n) is 7.04. The summed E-state index contributed by atoms with van der Waals surface area (Å²) in [5.74, 6) is -0.243. The number of hydrogen-bond acceptors (Lipinski definition) is 6. The van der Waals surface area contributed by atoms with Crippen LogP contribution in [0, 0.1) is 0 Å². The lowest BCUT2D eigenvalue weighted by Gasteiger charge is -2.38. The molecule has 3 aromatic rings. The Morgan fingerprint density at radius 2 is 1.86 bits per heavy atom. The molecule has 2 aliphatic rings. The average Bonchev–Trinajstić information content (AvgIpc) is 3.37. The molecule has 6 nitrogen and oxygen atoms in total. The van der Waals surface area contributed by atoms with Crippen LogP contribution < -0.4 is 0 Å². The zero-order valence-corrected chi connectivity index (χ0v) is 21.5. The molecule has 0 amide bonds. The van der Waals surface area contributed by atoms with Crippen molar-refractivity contribution in [3.05, 3.63) is 81.8 Å². The number of thiophene rings is 1. The van der Waals surface area contributed by atoms with Crippen molar-refractivity contribution in [2.45, 2.75) is 48.8 Å². The van der Waals surface area contributed by atoms with Crippen molar-refractivity contribution in [2.24, 2.45) is 0 Å². The van der Waals surface area contributed by atoms with E-state index in [1.165, 1.54) is 4.88 Å². The van der Waals surface area contributed by atoms with Crippen molar-refractivity contribution >= 4 is 27.1 Å². The fourth-order valence-corrected chi connectivity index (χ4v) is 7.89. The number of pyridine rings is 1. The number of benzene rings is 1. The minimum Gasteiger partial charge on any atom is -0.296 e. The second kappa shape index (κ2) is 10.3. The van der Waals surface area contributed by atoms with E-state index in [-0.39, 0.29) is 24.9 Å². The molecule has 0 N–H and O–H groups in total. The van der Waals surface area contributed by atoms with Gasteiger partial charge in [0.1, 0.15) is 0 Å². The highest BCUT2D eigenvalue weighted by Gasteiger charge is 2.40. The number of nitrogens with zero attached hydrogens (tertiary/aromatic N) is 3. The van der Waals surface area contributed by atoms with Gasteiger partial charge in [-0.25, -0.2) is 8.42 Å². The normalized spacial score (nSPS) is 21.5. The standard InChI is InChI=1S/C26H26F3N3O3S2/c27-26(28,29)19-4-3-5-20(16-19)37(34,35)32-13-2-1-6-22(32)23(33)17-31-14-9-24-21(10-15-36-24)25(31)18-7-11-30-12-8-18/h3-5,7-8,10-12,15-16,22,25H,1-2,6,9,13-14,17H2. The van der Waals surface area contributed by atoms with Gasteiger partial charge >= 0.3 is 6.18 Å². The predicted molar refractivity (Wildman–Crippen MR) is 134 cm³/mol. The number of halogens is 3. The number of alkyl halides is 3. The number of rotatable bonds is 6. The molecule has 1 aromatic carbocycles. The van der Waals surface area contributed by atoms with E-state index in [0.717, 1.165) is 40.1 Å². The molecule has 0 bridgehead atoms. The SMILES string of the molecule is O=C(CN1CCc2sccc2C1c1ccncc1)C1CCCCN1S(=O)(=O)c1cccc(C(F)(F)F)c1. The summed E-state index contributed by atoms with van der Waals surface area (Å²) in [6.45, 7) is 0.776. The number of piperidine rings is 1. The predicted octanol–water partition coefficient (Wildman–Crippen LogP) is 4.92. The maximum atomic E-state index is 13.7. The number of sulfonamides is 1. The van der Waals surface area contributed by atoms with E-state index in [4.69, 9.17) is 0 Å². The van der Waals surface area contributed by atoms with Gasteiger partial charge in [-0.1, -0.05) is 12.5 Å². The molecule has 2 atom stereocenters. The van der Waals surface area contributed by atoms with Gasteiger partial charge in [0.2, 0.25) is 10.0 Å². The molecule has 0 aliphatic carbocycles. The fraction of sp³-hybridized carbons (Fsp3) is 0.385. The van der Waals surface area contributed by atoms with Crippen LogP contribution in [0.3, 0.4) is 0 Å². The Hall–Kier alpha value is -2.60. The molecule has 0 radical (unpaired) electrons. The van der Waals surface area contributed by atoms with Crippen LogP contribution >= 0.6 is 11.3 Å². The van der Waals surface area contributed by atoms with Crippen molar-refractivity contribution in [1.82, 2.24) is 14.2 Å². The van der Waals surface area contributed by atoms with E-state index in [1.54, 1.807) is 23.7 Å². The Labute approximate surface area is 217 Å². The zero-order valence-electron chi connectivity index (χ0n) is 19.9. The second-order valence-corrected chi connectivity index (χ2v) is 12.2. The van der Waals surface area contributed by atoms with Gasteiger partial charge in [0, 0.05) is 30.4 Å². The maximum Gasteiger partial charge on any atom is 0.416 e. The van der Waals surface area contributed by atoms with Gasteiger partial charge < -0.3 is 0 Å². The van der Waals surface area contributed by atoms with Crippen LogP contribution in [0.25, 0.3) is 0 Å². The van der Waals surface area contributed by atoms with Crippen molar-refractivity contribution in [2.75, 3.05) is 19.6 Å². The highest BCUT2D eigenvalue weighted by atomic mass is 32.2. The molecule has 4 heterocycles. The Bertz CT molecular complexity index is 1380. The number of ketones is 1. The Morgan fingerprint density at radius 3 is 2.62 bits per heavy atom. The van der Waals surface area contributed by atoms with Crippen molar-refractivity contribution < 1.29 is 26.4 Å². The summed E-state index contributed by atoms with van der Waals surface area (Å²) < 4.78 is 67.8. The number of Topliss-reactive ketones (excluding diaryl/α,β-unsaturated/α-hetero) is 1. The molecule has 37 heavy (non-hydrogen) atoms. The lowest BCUT2D eigenvalue weighted by molar-refractivity contribution is -0.137. The van der Waals surface area contributed by atoms with Crippen molar-refractivity contribution in [3.63, 3.8) is 0 Å². The van der Waals surface area contributed by atoms with E-state index in [0.29, 0.717) is 31.9 Å². The third kappa shape index (κ3) is 5.22. The molecule has 0 saturated carbocycles. The monoisotopic (exact) mass is 549 g/mol. The van der Waals surface area contributed by atoms with Crippen LogP contribution in [0.5, 0.6) is 0 Å². The smallest absolute Gasteiger partial charge is 0.296 e. The first-order chi connectivity index (χ1) is 17.7. The van der Waals surface area contributed by atoms with E-state index in [9.17, 15) is 26.4 Å². The van der Waals surface area contributed by atoms with Crippen LogP contribution in [0.15, 0.2) is 65.1 Å². The molecule has 196 valence electrons. The lowest BCUT2D eigenvalue weighted by atomic mass is 9.92. The summed E-state index contributed by atoms with van der Waals surface area (Å²) in [5, 5.41) is 2.04. The number of carbonyl (C=O) groups is 1. The van der Waals surface area contributed by atoms with E-state index >= 15 is 0 Å². The first-order valence-electron chi connectivity index (χ1n) is 12.1. The summed E-state index contributed by atoms with van der Waals surface area (Å²) in [6, 6.07) is 8.55. The quantitative estimate of drug-likeness (QED) is 0.437. The first kappa shape index (κ1) is 26.0. The highest BCUT2D eigenvalue weighted by molar-refractivity contribution is 7.89. The minimum atomic E-state index is -4.67. The summed E-state index contributed by atoms with van der Waals surface area (Å²) in [4.78, 5) is 20.7. The van der Waals surface area contributed by atoms with E-state index in [2.05, 4.69) is 16.0 Å². The largest absolute Gasteiger partial charge is 0.416 e. The van der Waals surface area contributed by atoms with Crippen LogP contribution in [0.4, 0.5) is 13.2 Å². The first-order valence-corrected chi connectivity index (χ1v) is 14.4. The number of hydrogen-bond donors (Lipinski definition) is 0. The van der Waals surface area contributed by atoms with Gasteiger partial charge in [-0.3, -0.25) is 14.7 Å². The van der Waals surface area contributed by atoms with Crippen LogP contribution in [0.2, 0.25) is 0 Å². The van der Waals surface area contributed by atoms with Crippen LogP contribution in [-0.4, -0.2) is 54.1 Å². The van der Waals surface area contributed by atoms with Crippen molar-refractivity contribution in [3.8, 4) is 0 Å². The molecule has 1 fully saturated rings. The maximum absolute atomic E-state index is 13.7. The van der Waals surface area contributed by atoms with Gasteiger partial charge in [-0.15, -0.1) is 11.3 Å². The zero-order chi connectivity index (χ0) is 26.2. The van der Waals surface area contributed by atoms with E-state index < -0.39 is 32.7 Å². The summed E-state index contributed by atoms with van der Waals surface area (Å²) in [5.41, 5.74) is 1.10. The summed E-state index contributed by atoms with van der Waals surface area (Å²) >= 11 is 1.68. The average molecular weight is 550 g/mol. The van der Waals surface area contributed by atoms with Crippen LogP contribution in [0.1, 0.15) is 46.9 Å². The molecule has 2 unspecified atom stereocenters. The van der Waals surface area contributed by atoms with Gasteiger partial charge in [-0.05, 0) is 72.2 Å². The second-order valence-electron chi connectivity index (χ2n) is 9.32. The molecule has 2 aliphatic heterocycles. The topological polar surface area (TPSA) is 70.6 Å². The van der Waals surface area contributed by atoms with Crippen LogP contribution in [-0.2, 0) is 27.4 Å². The molecule has 2 aromatic heterocycles. The molecular weight excluding hydrogens is 523 g/mol. The minimum absolute atomic E-state index is 0.0432. The molecule has 0 spiro atoms. The molecular formula is C26H26F3N3O3S2. The Balaban J connectivity index is 1.42. The Morgan fingerprint density at radius 1 is 1.08 bits per heavy atom. The molecule has 11 heteroatoms. The number of aromatic nitrogens is 1. The van der Waals surface area contributed by atoms with E-state index in [1.807, 2.05) is 17.5 Å². The van der Waals surface area contributed by atoms with Crippen molar-refractivity contribution in [1.29, 1.82) is 0 Å². The molecule has 5 rings (SSSR count). The fourth-order valence-electron chi connectivity index (χ4n) is 5.26. The highest BCUT2D eigenvalue weighted by Crippen LogP contribution is 2.38. The Kier molecular flexibility index (Phi) is 7.23. The molecule has 1 saturated heterocycles. The van der Waals surface area contributed by atoms with Gasteiger partial charge in [0.15, 0.2) is 5.78 Å². The summed E-state index contributed by atoms with van der Waals surface area (Å²) in [7, 11) is -4.30. The number of carbonyl (C=O) groups excluding carboxylic acids is 1. The van der Waals surface area contributed by atoms with Gasteiger partial charge in [0.05, 0.1) is 29.1 Å². The summed E-state index contributed by atoms with van der Waals surface area (Å²) in [6.07, 6.45) is 1.10. The van der Waals surface area contributed by atoms with Gasteiger partial charge in [0.25, 0.3) is 0 Å². The van der Waals surface area contributed by atoms with Gasteiger partial charge in [-0.2, -0.15) is 17.5 Å². The lowest BCUT2D eigenvalue weighted by Crippen LogP contribution is -2.51. The third-order valence-corrected chi connectivity index (χ3v) is 9.94. The number of fused-ring (bicyclic) bond motifs is 1.